The van der Waals surface area contributed by atoms with Gasteiger partial charge in [0.2, 0.25) is 0 Å². The Bertz CT molecular complexity index is 566. The smallest absolute Gasteiger partial charge is 0.122 e. The summed E-state index contributed by atoms with van der Waals surface area (Å²) in [5.74, 6) is 1.23. The van der Waals surface area contributed by atoms with E-state index in [1.165, 1.54) is 11.1 Å². The van der Waals surface area contributed by atoms with E-state index in [9.17, 15) is 5.11 Å². The van der Waals surface area contributed by atoms with Crippen molar-refractivity contribution in [3.63, 3.8) is 0 Å². The molecule has 0 aliphatic carbocycles. The molecule has 0 aromatic heterocycles. The molecule has 0 spiro atoms. The monoisotopic (exact) mass is 285 g/mol. The molecule has 2 N–H and O–H groups in total. The molecule has 0 fully saturated rings. The molecule has 0 radical (unpaired) electrons. The lowest BCUT2D eigenvalue weighted by atomic mass is 10.0. The number of phenolic OH excluding ortho intramolecular Hbond substituents is 1. The number of hydrogen-bond acceptors (Lipinski definition) is 3. The summed E-state index contributed by atoms with van der Waals surface area (Å²) in [5.41, 5.74) is 2.37. The van der Waals surface area contributed by atoms with Gasteiger partial charge in [-0.2, -0.15) is 0 Å². The van der Waals surface area contributed by atoms with E-state index < -0.39 is 0 Å². The van der Waals surface area contributed by atoms with Gasteiger partial charge >= 0.3 is 0 Å². The van der Waals surface area contributed by atoms with E-state index in [0.29, 0.717) is 11.8 Å². The van der Waals surface area contributed by atoms with Crippen LogP contribution in [-0.4, -0.2) is 18.3 Å². The molecule has 0 saturated heterocycles. The Morgan fingerprint density at radius 1 is 1.05 bits per heavy atom. The maximum absolute atomic E-state index is 9.34. The maximum atomic E-state index is 9.34. The molecule has 2 aromatic carbocycles. The third-order valence-electron chi connectivity index (χ3n) is 3.65. The molecular formula is C18H23NO2. The number of aromatic hydroxyl groups is 1. The SMILES string of the molecule is COc1ccccc1CC(C)NC(C)c1ccc(O)cc1. The molecule has 0 amide bonds. The Morgan fingerprint density at radius 2 is 1.71 bits per heavy atom. The Kier molecular flexibility index (Phi) is 5.23. The lowest BCUT2D eigenvalue weighted by Gasteiger charge is -2.21. The normalized spacial score (nSPS) is 13.7. The third-order valence-corrected chi connectivity index (χ3v) is 3.65. The van der Waals surface area contributed by atoms with Gasteiger partial charge in [0.05, 0.1) is 7.11 Å². The van der Waals surface area contributed by atoms with E-state index in [0.717, 1.165) is 12.2 Å². The number of ether oxygens (including phenoxy) is 1. The molecule has 2 unspecified atom stereocenters. The van der Waals surface area contributed by atoms with Gasteiger partial charge in [0.25, 0.3) is 0 Å². The van der Waals surface area contributed by atoms with E-state index in [4.69, 9.17) is 4.74 Å². The summed E-state index contributed by atoms with van der Waals surface area (Å²) in [6.45, 7) is 4.30. The molecule has 3 nitrogen and oxygen atoms in total. The van der Waals surface area contributed by atoms with Crippen LogP contribution in [0.15, 0.2) is 48.5 Å². The van der Waals surface area contributed by atoms with Gasteiger partial charge in [-0.3, -0.25) is 0 Å². The van der Waals surface area contributed by atoms with Crippen LogP contribution in [0.1, 0.15) is 31.0 Å². The molecule has 0 aliphatic rings. The van der Waals surface area contributed by atoms with Crippen molar-refractivity contribution in [1.29, 1.82) is 0 Å². The second-order valence-corrected chi connectivity index (χ2v) is 5.40. The van der Waals surface area contributed by atoms with Crippen molar-refractivity contribution in [1.82, 2.24) is 5.32 Å². The fraction of sp³-hybridized carbons (Fsp3) is 0.333. The minimum Gasteiger partial charge on any atom is -0.508 e. The van der Waals surface area contributed by atoms with Crippen molar-refractivity contribution < 1.29 is 9.84 Å². The molecule has 0 saturated carbocycles. The van der Waals surface area contributed by atoms with Gasteiger partial charge in [-0.1, -0.05) is 30.3 Å². The van der Waals surface area contributed by atoms with Gasteiger partial charge in [-0.05, 0) is 49.6 Å². The number of methoxy groups -OCH3 is 1. The zero-order valence-corrected chi connectivity index (χ0v) is 12.8. The molecule has 2 rings (SSSR count). The van der Waals surface area contributed by atoms with Crippen LogP contribution < -0.4 is 10.1 Å². The van der Waals surface area contributed by atoms with Gasteiger partial charge in [0.15, 0.2) is 0 Å². The van der Waals surface area contributed by atoms with Gasteiger partial charge in [0, 0.05) is 12.1 Å². The molecule has 0 aliphatic heterocycles. The van der Waals surface area contributed by atoms with Crippen LogP contribution in [0, 0.1) is 0 Å². The Labute approximate surface area is 126 Å². The van der Waals surface area contributed by atoms with Crippen molar-refractivity contribution in [2.45, 2.75) is 32.4 Å². The quantitative estimate of drug-likeness (QED) is 0.850. The third kappa shape index (κ3) is 4.23. The number of phenols is 1. The molecule has 2 atom stereocenters. The Morgan fingerprint density at radius 3 is 2.38 bits per heavy atom. The number of benzene rings is 2. The highest BCUT2D eigenvalue weighted by atomic mass is 16.5. The van der Waals surface area contributed by atoms with E-state index >= 15 is 0 Å². The van der Waals surface area contributed by atoms with E-state index in [1.807, 2.05) is 30.3 Å². The van der Waals surface area contributed by atoms with Crippen LogP contribution in [0.4, 0.5) is 0 Å². The number of nitrogens with one attached hydrogen (secondary N) is 1. The summed E-state index contributed by atoms with van der Waals surface area (Å²) >= 11 is 0. The molecule has 0 bridgehead atoms. The second kappa shape index (κ2) is 7.14. The van der Waals surface area contributed by atoms with E-state index in [2.05, 4.69) is 25.2 Å². The number of hydrogen-bond donors (Lipinski definition) is 2. The van der Waals surface area contributed by atoms with Crippen molar-refractivity contribution >= 4 is 0 Å². The van der Waals surface area contributed by atoms with Gasteiger partial charge in [-0.15, -0.1) is 0 Å². The lowest BCUT2D eigenvalue weighted by molar-refractivity contribution is 0.403. The average molecular weight is 285 g/mol. The highest BCUT2D eigenvalue weighted by Crippen LogP contribution is 2.21. The first-order valence-electron chi connectivity index (χ1n) is 7.27. The lowest BCUT2D eigenvalue weighted by Crippen LogP contribution is -2.30. The predicted octanol–water partition coefficient (Wildman–Crippen LogP) is 3.68. The minimum atomic E-state index is 0.232. The summed E-state index contributed by atoms with van der Waals surface area (Å²) in [6, 6.07) is 16.0. The van der Waals surface area contributed by atoms with Crippen molar-refractivity contribution in [3.05, 3.63) is 59.7 Å². The van der Waals surface area contributed by atoms with Crippen LogP contribution >= 0.6 is 0 Å². The first-order valence-corrected chi connectivity index (χ1v) is 7.27. The summed E-state index contributed by atoms with van der Waals surface area (Å²) in [7, 11) is 1.70. The highest BCUT2D eigenvalue weighted by Gasteiger charge is 2.12. The summed E-state index contributed by atoms with van der Waals surface area (Å²) in [4.78, 5) is 0. The topological polar surface area (TPSA) is 41.5 Å². The molecule has 2 aromatic rings. The average Bonchev–Trinajstić information content (AvgIpc) is 2.48. The summed E-state index contributed by atoms with van der Waals surface area (Å²) in [5, 5.41) is 12.9. The van der Waals surface area contributed by atoms with E-state index in [-0.39, 0.29) is 6.04 Å². The van der Waals surface area contributed by atoms with Crippen LogP contribution in [0.2, 0.25) is 0 Å². The first-order chi connectivity index (χ1) is 10.1. The number of rotatable bonds is 6. The summed E-state index contributed by atoms with van der Waals surface area (Å²) < 4.78 is 5.39. The molecular weight excluding hydrogens is 262 g/mol. The second-order valence-electron chi connectivity index (χ2n) is 5.40. The van der Waals surface area contributed by atoms with Crippen LogP contribution in [0.25, 0.3) is 0 Å². The first kappa shape index (κ1) is 15.4. The van der Waals surface area contributed by atoms with Gasteiger partial charge in [0.1, 0.15) is 11.5 Å². The molecule has 3 heteroatoms. The molecule has 21 heavy (non-hydrogen) atoms. The Hall–Kier alpha value is -2.00. The molecule has 0 heterocycles. The number of para-hydroxylation sites is 1. The minimum absolute atomic E-state index is 0.232. The molecule has 112 valence electrons. The maximum Gasteiger partial charge on any atom is 0.122 e. The highest BCUT2D eigenvalue weighted by molar-refractivity contribution is 5.34. The summed E-state index contributed by atoms with van der Waals surface area (Å²) in [6.07, 6.45) is 0.909. The van der Waals surface area contributed by atoms with Crippen molar-refractivity contribution in [3.8, 4) is 11.5 Å². The van der Waals surface area contributed by atoms with Crippen molar-refractivity contribution in [2.24, 2.45) is 0 Å². The van der Waals surface area contributed by atoms with Crippen LogP contribution in [0.5, 0.6) is 11.5 Å². The Balaban J connectivity index is 1.97. The fourth-order valence-corrected chi connectivity index (χ4v) is 2.55. The van der Waals surface area contributed by atoms with Gasteiger partial charge < -0.3 is 15.2 Å². The largest absolute Gasteiger partial charge is 0.508 e. The fourth-order valence-electron chi connectivity index (χ4n) is 2.55. The van der Waals surface area contributed by atoms with Gasteiger partial charge in [-0.25, -0.2) is 0 Å². The van der Waals surface area contributed by atoms with Crippen LogP contribution in [-0.2, 0) is 6.42 Å². The standard InChI is InChI=1S/C18H23NO2/c1-13(12-16-6-4-5-7-18(16)21-3)19-14(2)15-8-10-17(20)11-9-15/h4-11,13-14,19-20H,12H2,1-3H3. The van der Waals surface area contributed by atoms with Crippen molar-refractivity contribution in [2.75, 3.05) is 7.11 Å². The zero-order chi connectivity index (χ0) is 15.2. The predicted molar refractivity (Wildman–Crippen MR) is 85.8 cm³/mol. The van der Waals surface area contributed by atoms with Crippen LogP contribution in [0.3, 0.4) is 0 Å². The zero-order valence-electron chi connectivity index (χ0n) is 12.8. The van der Waals surface area contributed by atoms with E-state index in [1.54, 1.807) is 19.2 Å².